The summed E-state index contributed by atoms with van der Waals surface area (Å²) in [5, 5.41) is 0.385. The highest BCUT2D eigenvalue weighted by atomic mass is 35.5. The van der Waals surface area contributed by atoms with Gasteiger partial charge in [-0.05, 0) is 50.9 Å². The van der Waals surface area contributed by atoms with Crippen molar-refractivity contribution >= 4 is 35.1 Å². The van der Waals surface area contributed by atoms with Gasteiger partial charge >= 0.3 is 5.97 Å². The molecule has 26 heavy (non-hydrogen) atoms. The number of halogens is 1. The van der Waals surface area contributed by atoms with Crippen LogP contribution in [0.15, 0.2) is 18.2 Å². The molecule has 0 N–H and O–H groups in total. The third-order valence-electron chi connectivity index (χ3n) is 4.98. The fourth-order valence-corrected chi connectivity index (χ4v) is 4.01. The van der Waals surface area contributed by atoms with E-state index in [1.54, 1.807) is 19.1 Å². The zero-order valence-corrected chi connectivity index (χ0v) is 15.8. The summed E-state index contributed by atoms with van der Waals surface area (Å²) in [4.78, 5) is 40.6. The predicted octanol–water partition coefficient (Wildman–Crippen LogP) is 2.56. The molecule has 2 saturated heterocycles. The van der Waals surface area contributed by atoms with Crippen LogP contribution in [0, 0.1) is 12.8 Å². The number of carbonyl (C=O) groups is 3. The minimum atomic E-state index is -0.544. The standard InChI is InChI=1S/C19H23ClN2O4/c1-3-26-19(25)13-5-4-8-21(11-13)16-10-17(23)22(18(16)24)15-7-6-12(2)9-14(15)20/h6-7,9,13,16H,3-5,8,10-11H2,1-2H3/t13-,16+/m0/s1. The number of anilines is 1. The topological polar surface area (TPSA) is 66.9 Å². The van der Waals surface area contributed by atoms with Gasteiger partial charge < -0.3 is 4.74 Å². The Kier molecular flexibility index (Phi) is 5.63. The molecule has 0 unspecified atom stereocenters. The number of ether oxygens (including phenoxy) is 1. The van der Waals surface area contributed by atoms with E-state index in [1.807, 2.05) is 17.9 Å². The molecule has 2 fully saturated rings. The Labute approximate surface area is 158 Å². The van der Waals surface area contributed by atoms with Crippen molar-refractivity contribution in [1.29, 1.82) is 0 Å². The van der Waals surface area contributed by atoms with Crippen LogP contribution in [0.4, 0.5) is 5.69 Å². The maximum Gasteiger partial charge on any atom is 0.310 e. The average Bonchev–Trinajstić information content (AvgIpc) is 2.90. The Balaban J connectivity index is 1.77. The lowest BCUT2D eigenvalue weighted by molar-refractivity contribution is -0.150. The van der Waals surface area contributed by atoms with E-state index in [0.29, 0.717) is 30.4 Å². The first-order chi connectivity index (χ1) is 12.4. The molecular formula is C19H23ClN2O4. The third-order valence-corrected chi connectivity index (χ3v) is 5.28. The molecule has 6 nitrogen and oxygen atoms in total. The number of nitrogens with zero attached hydrogens (tertiary/aromatic N) is 2. The van der Waals surface area contributed by atoms with Crippen molar-refractivity contribution in [1.82, 2.24) is 4.90 Å². The number of esters is 1. The number of hydrogen-bond donors (Lipinski definition) is 0. The summed E-state index contributed by atoms with van der Waals surface area (Å²) in [6.07, 6.45) is 1.66. The molecule has 0 saturated carbocycles. The van der Waals surface area contributed by atoms with Crippen LogP contribution >= 0.6 is 11.6 Å². The van der Waals surface area contributed by atoms with Crippen LogP contribution in [0.1, 0.15) is 31.7 Å². The van der Waals surface area contributed by atoms with Gasteiger partial charge in [0, 0.05) is 6.54 Å². The first-order valence-electron chi connectivity index (χ1n) is 8.96. The molecule has 3 rings (SSSR count). The monoisotopic (exact) mass is 378 g/mol. The number of amides is 2. The Morgan fingerprint density at radius 2 is 2.12 bits per heavy atom. The maximum atomic E-state index is 12.9. The summed E-state index contributed by atoms with van der Waals surface area (Å²) in [6, 6.07) is 4.72. The number of rotatable bonds is 4. The van der Waals surface area contributed by atoms with Gasteiger partial charge in [0.2, 0.25) is 5.91 Å². The van der Waals surface area contributed by atoms with E-state index in [0.717, 1.165) is 18.4 Å². The van der Waals surface area contributed by atoms with Crippen molar-refractivity contribution in [2.45, 2.75) is 39.2 Å². The number of aryl methyl sites for hydroxylation is 1. The molecule has 0 spiro atoms. The van der Waals surface area contributed by atoms with Crippen molar-refractivity contribution in [3.05, 3.63) is 28.8 Å². The molecule has 1 aromatic rings. The molecule has 2 amide bonds. The lowest BCUT2D eigenvalue weighted by Crippen LogP contribution is -2.48. The van der Waals surface area contributed by atoms with E-state index in [4.69, 9.17) is 16.3 Å². The number of hydrogen-bond acceptors (Lipinski definition) is 5. The second kappa shape index (κ2) is 7.76. The van der Waals surface area contributed by atoms with Crippen LogP contribution in [-0.2, 0) is 19.1 Å². The number of benzene rings is 1. The Bertz CT molecular complexity index is 736. The second-order valence-corrected chi connectivity index (χ2v) is 7.24. The van der Waals surface area contributed by atoms with Crippen molar-refractivity contribution in [3.63, 3.8) is 0 Å². The molecule has 2 aliphatic rings. The number of imide groups is 1. The van der Waals surface area contributed by atoms with Gasteiger partial charge in [-0.2, -0.15) is 0 Å². The summed E-state index contributed by atoms with van der Waals surface area (Å²) >= 11 is 6.25. The first-order valence-corrected chi connectivity index (χ1v) is 9.33. The lowest BCUT2D eigenvalue weighted by Gasteiger charge is -2.34. The normalized spacial score (nSPS) is 24.2. The van der Waals surface area contributed by atoms with E-state index in [-0.39, 0.29) is 30.1 Å². The van der Waals surface area contributed by atoms with Gasteiger partial charge in [-0.25, -0.2) is 4.90 Å². The average molecular weight is 379 g/mol. The van der Waals surface area contributed by atoms with Gasteiger partial charge in [-0.1, -0.05) is 17.7 Å². The summed E-state index contributed by atoms with van der Waals surface area (Å²) in [7, 11) is 0. The Hall–Kier alpha value is -1.92. The summed E-state index contributed by atoms with van der Waals surface area (Å²) in [6.45, 7) is 5.15. The van der Waals surface area contributed by atoms with Crippen molar-refractivity contribution in [3.8, 4) is 0 Å². The minimum absolute atomic E-state index is 0.110. The molecule has 0 aliphatic carbocycles. The molecular weight excluding hydrogens is 356 g/mol. The molecule has 0 bridgehead atoms. The largest absolute Gasteiger partial charge is 0.466 e. The molecule has 0 radical (unpaired) electrons. The predicted molar refractivity (Wildman–Crippen MR) is 98.0 cm³/mol. The summed E-state index contributed by atoms with van der Waals surface area (Å²) in [5.41, 5.74) is 1.39. The van der Waals surface area contributed by atoms with Crippen molar-refractivity contribution in [2.75, 3.05) is 24.6 Å². The Morgan fingerprint density at radius 3 is 2.81 bits per heavy atom. The van der Waals surface area contributed by atoms with Gasteiger partial charge in [-0.3, -0.25) is 19.3 Å². The van der Waals surface area contributed by atoms with E-state index >= 15 is 0 Å². The second-order valence-electron chi connectivity index (χ2n) is 6.83. The quantitative estimate of drug-likeness (QED) is 0.595. The van der Waals surface area contributed by atoms with E-state index < -0.39 is 6.04 Å². The zero-order valence-electron chi connectivity index (χ0n) is 15.0. The lowest BCUT2D eigenvalue weighted by atomic mass is 9.96. The molecule has 7 heteroatoms. The zero-order chi connectivity index (χ0) is 18.8. The van der Waals surface area contributed by atoms with E-state index in [9.17, 15) is 14.4 Å². The van der Waals surface area contributed by atoms with Gasteiger partial charge in [0.1, 0.15) is 0 Å². The van der Waals surface area contributed by atoms with Crippen molar-refractivity contribution < 1.29 is 19.1 Å². The van der Waals surface area contributed by atoms with Gasteiger partial charge in [0.15, 0.2) is 0 Å². The molecule has 2 atom stereocenters. The molecule has 1 aromatic carbocycles. The number of likely N-dealkylation sites (tertiary alicyclic amines) is 1. The smallest absolute Gasteiger partial charge is 0.310 e. The summed E-state index contributed by atoms with van der Waals surface area (Å²) in [5.74, 6) is -1.01. The fourth-order valence-electron chi connectivity index (χ4n) is 3.69. The third kappa shape index (κ3) is 3.62. The van der Waals surface area contributed by atoms with Crippen LogP contribution in [-0.4, -0.2) is 48.4 Å². The molecule has 0 aromatic heterocycles. The van der Waals surface area contributed by atoms with E-state index in [1.165, 1.54) is 4.90 Å². The highest BCUT2D eigenvalue weighted by molar-refractivity contribution is 6.36. The van der Waals surface area contributed by atoms with Crippen LogP contribution in [0.25, 0.3) is 0 Å². The summed E-state index contributed by atoms with van der Waals surface area (Å²) < 4.78 is 5.11. The number of carbonyl (C=O) groups excluding carboxylic acids is 3. The van der Waals surface area contributed by atoms with Crippen LogP contribution < -0.4 is 4.90 Å². The van der Waals surface area contributed by atoms with E-state index in [2.05, 4.69) is 0 Å². The number of piperidine rings is 1. The molecule has 140 valence electrons. The van der Waals surface area contributed by atoms with Gasteiger partial charge in [0.05, 0.1) is 35.7 Å². The highest BCUT2D eigenvalue weighted by Crippen LogP contribution is 2.33. The SMILES string of the molecule is CCOC(=O)[C@H]1CCCN([C@@H]2CC(=O)N(c3ccc(C)cc3Cl)C2=O)C1. The minimum Gasteiger partial charge on any atom is -0.466 e. The molecule has 2 aliphatic heterocycles. The van der Waals surface area contributed by atoms with Crippen LogP contribution in [0.5, 0.6) is 0 Å². The van der Waals surface area contributed by atoms with Crippen LogP contribution in [0.2, 0.25) is 5.02 Å². The van der Waals surface area contributed by atoms with Crippen LogP contribution in [0.3, 0.4) is 0 Å². The maximum absolute atomic E-state index is 12.9. The highest BCUT2D eigenvalue weighted by Gasteiger charge is 2.45. The Morgan fingerprint density at radius 1 is 1.35 bits per heavy atom. The first kappa shape index (κ1) is 18.9. The fraction of sp³-hybridized carbons (Fsp3) is 0.526. The molecule has 2 heterocycles. The van der Waals surface area contributed by atoms with Gasteiger partial charge in [0.25, 0.3) is 5.91 Å². The van der Waals surface area contributed by atoms with Crippen molar-refractivity contribution in [2.24, 2.45) is 5.92 Å². The van der Waals surface area contributed by atoms with Gasteiger partial charge in [-0.15, -0.1) is 0 Å².